The molecule has 1 rings (SSSR count). The fourth-order valence-electron chi connectivity index (χ4n) is 1.80. The Kier molecular flexibility index (Phi) is 10.1. The number of hydrogen-bond acceptors (Lipinski definition) is 3. The van der Waals surface area contributed by atoms with E-state index in [9.17, 15) is 0 Å². The van der Waals surface area contributed by atoms with E-state index in [1.165, 1.54) is 6.42 Å². The van der Waals surface area contributed by atoms with Crippen molar-refractivity contribution in [1.82, 2.24) is 15.2 Å². The molecule has 1 aromatic heterocycles. The first-order chi connectivity index (χ1) is 9.22. The number of guanidine groups is 1. The summed E-state index contributed by atoms with van der Waals surface area (Å²) in [5.74, 6) is 1.54. The number of unbranched alkanes of at least 4 members (excludes halogenated alkanes) is 1. The fraction of sp³-hybridized carbons (Fsp3) is 0.571. The van der Waals surface area contributed by atoms with Crippen molar-refractivity contribution in [3.63, 3.8) is 0 Å². The summed E-state index contributed by atoms with van der Waals surface area (Å²) in [5, 5.41) is 3.33. The number of halogens is 1. The number of aromatic nitrogens is 1. The Bertz CT molecular complexity index is 412. The number of hydrogen-bond donors (Lipinski definition) is 1. The van der Waals surface area contributed by atoms with E-state index in [-0.39, 0.29) is 24.0 Å². The third kappa shape index (κ3) is 5.94. The van der Waals surface area contributed by atoms with Crippen molar-refractivity contribution in [2.45, 2.75) is 26.3 Å². The third-order valence-corrected chi connectivity index (χ3v) is 2.90. The Morgan fingerprint density at radius 2 is 2.25 bits per heavy atom. The van der Waals surface area contributed by atoms with Crippen LogP contribution in [0.15, 0.2) is 23.3 Å². The van der Waals surface area contributed by atoms with Crippen molar-refractivity contribution < 1.29 is 4.74 Å². The number of pyridine rings is 1. The second-order valence-electron chi connectivity index (χ2n) is 4.35. The zero-order chi connectivity index (χ0) is 14.1. The molecule has 0 unspecified atom stereocenters. The summed E-state index contributed by atoms with van der Waals surface area (Å²) in [6, 6.07) is 3.90. The van der Waals surface area contributed by atoms with E-state index in [1.807, 2.05) is 19.2 Å². The van der Waals surface area contributed by atoms with Crippen LogP contribution in [0, 0.1) is 0 Å². The zero-order valence-electron chi connectivity index (χ0n) is 12.7. The second-order valence-corrected chi connectivity index (χ2v) is 4.35. The van der Waals surface area contributed by atoms with Crippen molar-refractivity contribution in [1.29, 1.82) is 0 Å². The van der Waals surface area contributed by atoms with Crippen LogP contribution in [0.4, 0.5) is 0 Å². The molecule has 114 valence electrons. The fourth-order valence-corrected chi connectivity index (χ4v) is 1.80. The molecule has 0 aliphatic carbocycles. The van der Waals surface area contributed by atoms with Crippen LogP contribution in [0.5, 0.6) is 5.88 Å². The van der Waals surface area contributed by atoms with Gasteiger partial charge in [0.2, 0.25) is 5.88 Å². The van der Waals surface area contributed by atoms with Gasteiger partial charge in [-0.3, -0.25) is 4.99 Å². The molecule has 0 bridgehead atoms. The molecule has 0 radical (unpaired) electrons. The van der Waals surface area contributed by atoms with Gasteiger partial charge in [-0.15, -0.1) is 24.0 Å². The van der Waals surface area contributed by atoms with E-state index in [0.717, 1.165) is 24.5 Å². The predicted octanol–water partition coefficient (Wildman–Crippen LogP) is 2.52. The molecule has 0 saturated carbocycles. The van der Waals surface area contributed by atoms with Crippen LogP contribution in [0.25, 0.3) is 0 Å². The lowest BCUT2D eigenvalue weighted by Gasteiger charge is -2.22. The van der Waals surface area contributed by atoms with Crippen molar-refractivity contribution >= 4 is 29.9 Å². The van der Waals surface area contributed by atoms with Crippen molar-refractivity contribution in [3.8, 4) is 5.88 Å². The van der Waals surface area contributed by atoms with Crippen LogP contribution in [0.1, 0.15) is 25.3 Å². The SMILES string of the molecule is CCCCN(C)C(=NC)NCc1cccnc1OC.I. The summed E-state index contributed by atoms with van der Waals surface area (Å²) in [6.07, 6.45) is 4.07. The molecule has 0 saturated heterocycles. The van der Waals surface area contributed by atoms with Crippen molar-refractivity contribution in [3.05, 3.63) is 23.9 Å². The average Bonchev–Trinajstić information content (AvgIpc) is 2.46. The van der Waals surface area contributed by atoms with Crippen LogP contribution in [-0.4, -0.2) is 43.6 Å². The van der Waals surface area contributed by atoms with E-state index in [0.29, 0.717) is 12.4 Å². The van der Waals surface area contributed by atoms with Gasteiger partial charge in [0.15, 0.2) is 5.96 Å². The van der Waals surface area contributed by atoms with Crippen LogP contribution in [0.2, 0.25) is 0 Å². The van der Waals surface area contributed by atoms with Gasteiger partial charge in [0, 0.05) is 38.9 Å². The standard InChI is InChI=1S/C14H24N4O.HI/c1-5-6-10-18(3)14(15-2)17-11-12-8-7-9-16-13(12)19-4;/h7-9H,5-6,10-11H2,1-4H3,(H,15,17);1H. The molecular formula is C14H25IN4O. The van der Waals surface area contributed by atoms with Gasteiger partial charge in [0.1, 0.15) is 0 Å². The van der Waals surface area contributed by atoms with Gasteiger partial charge < -0.3 is 15.0 Å². The van der Waals surface area contributed by atoms with Gasteiger partial charge in [0.05, 0.1) is 7.11 Å². The number of methoxy groups -OCH3 is 1. The average molecular weight is 392 g/mol. The molecule has 0 atom stereocenters. The molecule has 5 nitrogen and oxygen atoms in total. The second kappa shape index (κ2) is 10.7. The number of nitrogens with one attached hydrogen (secondary N) is 1. The zero-order valence-corrected chi connectivity index (χ0v) is 15.0. The quantitative estimate of drug-likeness (QED) is 0.459. The van der Waals surface area contributed by atoms with E-state index in [1.54, 1.807) is 20.4 Å². The maximum Gasteiger partial charge on any atom is 0.218 e. The third-order valence-electron chi connectivity index (χ3n) is 2.90. The minimum Gasteiger partial charge on any atom is -0.481 e. The van der Waals surface area contributed by atoms with Crippen molar-refractivity contribution in [2.24, 2.45) is 4.99 Å². The number of rotatable bonds is 6. The maximum absolute atomic E-state index is 5.23. The first-order valence-corrected chi connectivity index (χ1v) is 6.62. The van der Waals surface area contributed by atoms with E-state index < -0.39 is 0 Å². The number of aliphatic imine (C=N–C) groups is 1. The van der Waals surface area contributed by atoms with Gasteiger partial charge in [-0.25, -0.2) is 4.98 Å². The minimum atomic E-state index is 0. The monoisotopic (exact) mass is 392 g/mol. The lowest BCUT2D eigenvalue weighted by atomic mass is 10.2. The van der Waals surface area contributed by atoms with Gasteiger partial charge in [-0.2, -0.15) is 0 Å². The Labute approximate surface area is 138 Å². The van der Waals surface area contributed by atoms with Crippen LogP contribution >= 0.6 is 24.0 Å². The number of ether oxygens (including phenoxy) is 1. The predicted molar refractivity (Wildman–Crippen MR) is 93.9 cm³/mol. The lowest BCUT2D eigenvalue weighted by molar-refractivity contribution is 0.391. The number of nitrogens with zero attached hydrogens (tertiary/aromatic N) is 3. The minimum absolute atomic E-state index is 0. The van der Waals surface area contributed by atoms with Gasteiger partial charge in [-0.1, -0.05) is 19.4 Å². The van der Waals surface area contributed by atoms with E-state index in [2.05, 4.69) is 27.1 Å². The molecule has 6 heteroatoms. The van der Waals surface area contributed by atoms with Crippen LogP contribution in [0.3, 0.4) is 0 Å². The van der Waals surface area contributed by atoms with E-state index in [4.69, 9.17) is 4.74 Å². The molecule has 0 aliphatic heterocycles. The normalized spacial score (nSPS) is 10.7. The summed E-state index contributed by atoms with van der Waals surface area (Å²) >= 11 is 0. The molecule has 1 heterocycles. The van der Waals surface area contributed by atoms with Gasteiger partial charge in [-0.05, 0) is 12.5 Å². The molecule has 0 amide bonds. The van der Waals surface area contributed by atoms with Gasteiger partial charge >= 0.3 is 0 Å². The molecule has 0 aliphatic rings. The van der Waals surface area contributed by atoms with Crippen LogP contribution in [-0.2, 0) is 6.54 Å². The molecule has 0 aromatic carbocycles. The van der Waals surface area contributed by atoms with Gasteiger partial charge in [0.25, 0.3) is 0 Å². The lowest BCUT2D eigenvalue weighted by Crippen LogP contribution is -2.39. The Morgan fingerprint density at radius 3 is 2.85 bits per heavy atom. The summed E-state index contributed by atoms with van der Waals surface area (Å²) in [4.78, 5) is 10.6. The molecule has 1 N–H and O–H groups in total. The van der Waals surface area contributed by atoms with Crippen molar-refractivity contribution in [2.75, 3.05) is 27.7 Å². The highest BCUT2D eigenvalue weighted by Gasteiger charge is 2.07. The first-order valence-electron chi connectivity index (χ1n) is 6.62. The molecule has 1 aromatic rings. The summed E-state index contributed by atoms with van der Waals surface area (Å²) in [7, 11) is 5.48. The summed E-state index contributed by atoms with van der Waals surface area (Å²) < 4.78 is 5.23. The Hall–Kier alpha value is -1.05. The largest absolute Gasteiger partial charge is 0.481 e. The molecule has 20 heavy (non-hydrogen) atoms. The topological polar surface area (TPSA) is 49.8 Å². The molecular weight excluding hydrogens is 367 g/mol. The molecule has 0 spiro atoms. The first kappa shape index (κ1) is 18.9. The summed E-state index contributed by atoms with van der Waals surface area (Å²) in [5.41, 5.74) is 1.02. The van der Waals surface area contributed by atoms with E-state index >= 15 is 0 Å². The van der Waals surface area contributed by atoms with Crippen LogP contribution < -0.4 is 10.1 Å². The highest BCUT2D eigenvalue weighted by Crippen LogP contribution is 2.12. The molecule has 0 fully saturated rings. The highest BCUT2D eigenvalue weighted by molar-refractivity contribution is 14.0. The Morgan fingerprint density at radius 1 is 1.50 bits per heavy atom. The summed E-state index contributed by atoms with van der Waals surface area (Å²) in [6.45, 7) is 3.84. The maximum atomic E-state index is 5.23. The smallest absolute Gasteiger partial charge is 0.218 e. The Balaban J connectivity index is 0.00000361. The highest BCUT2D eigenvalue weighted by atomic mass is 127.